The maximum atomic E-state index is 13.6. The van der Waals surface area contributed by atoms with Crippen LogP contribution in [0, 0.1) is 12.7 Å². The van der Waals surface area contributed by atoms with E-state index in [1.807, 2.05) is 12.1 Å². The molecule has 1 saturated heterocycles. The summed E-state index contributed by atoms with van der Waals surface area (Å²) in [5.41, 5.74) is 1.69. The van der Waals surface area contributed by atoms with E-state index in [4.69, 9.17) is 4.74 Å². The van der Waals surface area contributed by atoms with E-state index in [9.17, 15) is 4.39 Å². The lowest BCUT2D eigenvalue weighted by molar-refractivity contribution is -0.103. The maximum Gasteiger partial charge on any atom is 0.128 e. The van der Waals surface area contributed by atoms with E-state index in [-0.39, 0.29) is 11.4 Å². The maximum absolute atomic E-state index is 13.6. The SMILES string of the molecule is Cc1ccc(NC2CCOC3(CCCCC3)C2)cc1F. The first kappa shape index (κ1) is 13.9. The van der Waals surface area contributed by atoms with Gasteiger partial charge in [0.1, 0.15) is 5.82 Å². The molecule has 2 nitrogen and oxygen atoms in total. The third-order valence-corrected chi connectivity index (χ3v) is 4.80. The van der Waals surface area contributed by atoms with Gasteiger partial charge in [-0.1, -0.05) is 25.3 Å². The third kappa shape index (κ3) is 2.98. The smallest absolute Gasteiger partial charge is 0.128 e. The van der Waals surface area contributed by atoms with Gasteiger partial charge >= 0.3 is 0 Å². The minimum Gasteiger partial charge on any atom is -0.382 e. The Bertz CT molecular complexity index is 463. The van der Waals surface area contributed by atoms with Gasteiger partial charge in [-0.2, -0.15) is 0 Å². The van der Waals surface area contributed by atoms with Crippen molar-refractivity contribution < 1.29 is 9.13 Å². The highest BCUT2D eigenvalue weighted by Crippen LogP contribution is 2.39. The van der Waals surface area contributed by atoms with Crippen LogP contribution in [0.2, 0.25) is 0 Å². The molecule has 3 heteroatoms. The highest BCUT2D eigenvalue weighted by molar-refractivity contribution is 5.46. The number of hydrogen-bond donors (Lipinski definition) is 1. The molecule has 1 aliphatic carbocycles. The Morgan fingerprint density at radius 3 is 2.80 bits per heavy atom. The molecule has 0 bridgehead atoms. The van der Waals surface area contributed by atoms with Gasteiger partial charge in [0.2, 0.25) is 0 Å². The number of anilines is 1. The highest BCUT2D eigenvalue weighted by atomic mass is 19.1. The summed E-state index contributed by atoms with van der Waals surface area (Å²) in [5.74, 6) is -0.130. The minimum atomic E-state index is -0.130. The van der Waals surface area contributed by atoms with E-state index in [1.165, 1.54) is 32.1 Å². The van der Waals surface area contributed by atoms with Crippen LogP contribution >= 0.6 is 0 Å². The zero-order chi connectivity index (χ0) is 14.0. The molecule has 1 atom stereocenters. The van der Waals surface area contributed by atoms with Crippen LogP contribution in [-0.2, 0) is 4.74 Å². The number of hydrogen-bond acceptors (Lipinski definition) is 2. The number of nitrogens with one attached hydrogen (secondary N) is 1. The predicted octanol–water partition coefficient (Wildman–Crippen LogP) is 4.43. The quantitative estimate of drug-likeness (QED) is 0.863. The summed E-state index contributed by atoms with van der Waals surface area (Å²) in [5, 5.41) is 3.50. The van der Waals surface area contributed by atoms with Gasteiger partial charge < -0.3 is 10.1 Å². The Morgan fingerprint density at radius 2 is 2.05 bits per heavy atom. The van der Waals surface area contributed by atoms with Crippen LogP contribution in [0.15, 0.2) is 18.2 Å². The molecule has 1 heterocycles. The Kier molecular flexibility index (Phi) is 3.97. The van der Waals surface area contributed by atoms with Crippen molar-refractivity contribution >= 4 is 5.69 Å². The van der Waals surface area contributed by atoms with Gasteiger partial charge in [-0.3, -0.25) is 0 Å². The van der Waals surface area contributed by atoms with Gasteiger partial charge in [-0.05, 0) is 50.3 Å². The molecule has 1 aliphatic heterocycles. The molecule has 20 heavy (non-hydrogen) atoms. The van der Waals surface area contributed by atoms with Crippen LogP contribution in [0.3, 0.4) is 0 Å². The molecule has 2 aliphatic rings. The number of ether oxygens (including phenoxy) is 1. The summed E-state index contributed by atoms with van der Waals surface area (Å²) in [6, 6.07) is 5.83. The molecule has 1 N–H and O–H groups in total. The number of aryl methyl sites for hydroxylation is 1. The summed E-state index contributed by atoms with van der Waals surface area (Å²) in [6.07, 6.45) is 8.35. The van der Waals surface area contributed by atoms with E-state index in [0.717, 1.165) is 25.1 Å². The van der Waals surface area contributed by atoms with E-state index in [0.29, 0.717) is 11.6 Å². The van der Waals surface area contributed by atoms with Crippen molar-refractivity contribution in [2.45, 2.75) is 63.5 Å². The Labute approximate surface area is 120 Å². The first-order chi connectivity index (χ1) is 9.67. The first-order valence-electron chi connectivity index (χ1n) is 7.84. The van der Waals surface area contributed by atoms with Crippen molar-refractivity contribution in [2.75, 3.05) is 11.9 Å². The molecular weight excluding hydrogens is 253 g/mol. The molecule has 1 spiro atoms. The van der Waals surface area contributed by atoms with Crippen LogP contribution in [0.1, 0.15) is 50.5 Å². The van der Waals surface area contributed by atoms with Crippen LogP contribution in [0.25, 0.3) is 0 Å². The predicted molar refractivity (Wildman–Crippen MR) is 79.5 cm³/mol. The molecule has 1 aromatic carbocycles. The zero-order valence-electron chi connectivity index (χ0n) is 12.3. The average molecular weight is 277 g/mol. The topological polar surface area (TPSA) is 21.3 Å². The molecule has 1 aromatic rings. The summed E-state index contributed by atoms with van der Waals surface area (Å²) in [4.78, 5) is 0. The fourth-order valence-corrected chi connectivity index (χ4v) is 3.61. The van der Waals surface area contributed by atoms with E-state index in [2.05, 4.69) is 5.32 Å². The zero-order valence-corrected chi connectivity index (χ0v) is 12.3. The van der Waals surface area contributed by atoms with Crippen LogP contribution < -0.4 is 5.32 Å². The number of halogens is 1. The Hall–Kier alpha value is -1.09. The van der Waals surface area contributed by atoms with Gasteiger partial charge in [0.25, 0.3) is 0 Å². The minimum absolute atomic E-state index is 0.0947. The van der Waals surface area contributed by atoms with E-state index in [1.54, 1.807) is 13.0 Å². The van der Waals surface area contributed by atoms with Crippen LogP contribution in [0.5, 0.6) is 0 Å². The van der Waals surface area contributed by atoms with E-state index < -0.39 is 0 Å². The monoisotopic (exact) mass is 277 g/mol. The van der Waals surface area contributed by atoms with E-state index >= 15 is 0 Å². The molecule has 0 radical (unpaired) electrons. The normalized spacial score (nSPS) is 25.6. The fourth-order valence-electron chi connectivity index (χ4n) is 3.61. The van der Waals surface area contributed by atoms with Gasteiger partial charge in [-0.25, -0.2) is 4.39 Å². The molecule has 3 rings (SSSR count). The third-order valence-electron chi connectivity index (χ3n) is 4.80. The number of rotatable bonds is 2. The summed E-state index contributed by atoms with van der Waals surface area (Å²) < 4.78 is 19.7. The second-order valence-electron chi connectivity index (χ2n) is 6.39. The summed E-state index contributed by atoms with van der Waals surface area (Å²) in [7, 11) is 0. The van der Waals surface area contributed by atoms with Crippen molar-refractivity contribution in [3.8, 4) is 0 Å². The van der Waals surface area contributed by atoms with Crippen molar-refractivity contribution in [1.82, 2.24) is 0 Å². The molecular formula is C17H24FNO. The van der Waals surface area contributed by atoms with Gasteiger partial charge in [-0.15, -0.1) is 0 Å². The largest absolute Gasteiger partial charge is 0.382 e. The molecule has 0 amide bonds. The van der Waals surface area contributed by atoms with Crippen LogP contribution in [0.4, 0.5) is 10.1 Å². The fraction of sp³-hybridized carbons (Fsp3) is 0.647. The number of benzene rings is 1. The summed E-state index contributed by atoms with van der Waals surface area (Å²) in [6.45, 7) is 2.62. The molecule has 110 valence electrons. The van der Waals surface area contributed by atoms with Crippen molar-refractivity contribution in [3.05, 3.63) is 29.6 Å². The Balaban J connectivity index is 1.66. The molecule has 1 unspecified atom stereocenters. The average Bonchev–Trinajstić information content (AvgIpc) is 2.44. The lowest BCUT2D eigenvalue weighted by Gasteiger charge is -2.44. The molecule has 1 saturated carbocycles. The van der Waals surface area contributed by atoms with Crippen LogP contribution in [-0.4, -0.2) is 18.2 Å². The first-order valence-corrected chi connectivity index (χ1v) is 7.84. The summed E-state index contributed by atoms with van der Waals surface area (Å²) >= 11 is 0. The standard InChI is InChI=1S/C17H24FNO/c1-13-5-6-14(11-16(13)18)19-15-7-10-20-17(12-15)8-3-2-4-9-17/h5-6,11,15,19H,2-4,7-10,12H2,1H3. The second-order valence-corrected chi connectivity index (χ2v) is 6.39. The lowest BCUT2D eigenvalue weighted by atomic mass is 9.78. The van der Waals surface area contributed by atoms with Crippen molar-refractivity contribution in [1.29, 1.82) is 0 Å². The lowest BCUT2D eigenvalue weighted by Crippen LogP contribution is -2.45. The molecule has 0 aromatic heterocycles. The van der Waals surface area contributed by atoms with Crippen molar-refractivity contribution in [2.24, 2.45) is 0 Å². The highest BCUT2D eigenvalue weighted by Gasteiger charge is 2.38. The molecule has 2 fully saturated rings. The van der Waals surface area contributed by atoms with Gasteiger partial charge in [0, 0.05) is 18.3 Å². The second kappa shape index (κ2) is 5.72. The van der Waals surface area contributed by atoms with Gasteiger partial charge in [0.05, 0.1) is 5.60 Å². The Morgan fingerprint density at radius 1 is 1.25 bits per heavy atom. The van der Waals surface area contributed by atoms with Gasteiger partial charge in [0.15, 0.2) is 0 Å². The van der Waals surface area contributed by atoms with Crippen molar-refractivity contribution in [3.63, 3.8) is 0 Å².